The Morgan fingerprint density at radius 2 is 2.05 bits per heavy atom. The summed E-state index contributed by atoms with van der Waals surface area (Å²) in [5, 5.41) is 14.1. The fourth-order valence-electron chi connectivity index (χ4n) is 3.20. The summed E-state index contributed by atoms with van der Waals surface area (Å²) in [6.07, 6.45) is 6.06. The van der Waals surface area contributed by atoms with Gasteiger partial charge in [0.05, 0.1) is 11.3 Å². The molecule has 0 aromatic carbocycles. The van der Waals surface area contributed by atoms with E-state index in [9.17, 15) is 9.59 Å². The molecule has 2 N–H and O–H groups in total. The summed E-state index contributed by atoms with van der Waals surface area (Å²) in [4.78, 5) is 24.2. The number of aliphatic carboxylic acids is 1. The molecule has 0 aliphatic heterocycles. The number of carbonyl (C=O) groups excluding carboxylic acids is 1. The van der Waals surface area contributed by atoms with Crippen LogP contribution in [0.2, 0.25) is 0 Å². The van der Waals surface area contributed by atoms with Crippen LogP contribution in [0.5, 0.6) is 0 Å². The number of hydrogen-bond acceptors (Lipinski definition) is 3. The molecule has 116 valence electrons. The van der Waals surface area contributed by atoms with Gasteiger partial charge >= 0.3 is 5.97 Å². The van der Waals surface area contributed by atoms with Crippen LogP contribution in [0.25, 0.3) is 0 Å². The highest BCUT2D eigenvalue weighted by Gasteiger charge is 2.34. The van der Waals surface area contributed by atoms with E-state index in [0.29, 0.717) is 6.54 Å². The monoisotopic (exact) mass is 309 g/mol. The van der Waals surface area contributed by atoms with Crippen molar-refractivity contribution in [1.82, 2.24) is 5.32 Å². The van der Waals surface area contributed by atoms with Crippen LogP contribution in [0, 0.1) is 5.41 Å². The number of carboxylic acid groups (broad SMARTS) is 1. The maximum Gasteiger partial charge on any atom is 0.303 e. The molecule has 2 rings (SSSR count). The van der Waals surface area contributed by atoms with Crippen LogP contribution < -0.4 is 5.32 Å². The molecule has 5 heteroatoms. The minimum atomic E-state index is -0.767. The lowest BCUT2D eigenvalue weighted by molar-refractivity contribution is -0.140. The first-order chi connectivity index (χ1) is 10.1. The molecule has 0 saturated heterocycles. The average molecular weight is 309 g/mol. The lowest BCUT2D eigenvalue weighted by Crippen LogP contribution is -2.40. The van der Waals surface area contributed by atoms with Crippen LogP contribution in [-0.2, 0) is 11.2 Å². The minimum absolute atomic E-state index is 0.0582. The molecule has 1 fully saturated rings. The first-order valence-electron chi connectivity index (χ1n) is 7.63. The highest BCUT2D eigenvalue weighted by atomic mass is 32.1. The van der Waals surface area contributed by atoms with Gasteiger partial charge < -0.3 is 10.4 Å². The van der Waals surface area contributed by atoms with Gasteiger partial charge in [-0.05, 0) is 41.7 Å². The Hall–Kier alpha value is -1.36. The summed E-state index contributed by atoms with van der Waals surface area (Å²) < 4.78 is 0. The molecule has 1 saturated carbocycles. The summed E-state index contributed by atoms with van der Waals surface area (Å²) in [7, 11) is 0. The van der Waals surface area contributed by atoms with Gasteiger partial charge in [0.25, 0.3) is 5.91 Å². The third kappa shape index (κ3) is 4.06. The highest BCUT2D eigenvalue weighted by Crippen LogP contribution is 2.38. The van der Waals surface area contributed by atoms with Gasteiger partial charge in [0.15, 0.2) is 0 Å². The van der Waals surface area contributed by atoms with Crippen molar-refractivity contribution in [1.29, 1.82) is 0 Å². The molecule has 21 heavy (non-hydrogen) atoms. The predicted molar refractivity (Wildman–Crippen MR) is 83.8 cm³/mol. The summed E-state index contributed by atoms with van der Waals surface area (Å²) in [6.45, 7) is 2.51. The number of carboxylic acids is 1. The van der Waals surface area contributed by atoms with E-state index in [0.717, 1.165) is 42.5 Å². The molecule has 1 aliphatic carbocycles. The Balaban J connectivity index is 2.01. The maximum atomic E-state index is 12.3. The summed E-state index contributed by atoms with van der Waals surface area (Å²) in [5.41, 5.74) is 0.803. The van der Waals surface area contributed by atoms with Gasteiger partial charge in [-0.15, -0.1) is 11.3 Å². The third-order valence-corrected chi connectivity index (χ3v) is 5.35. The van der Waals surface area contributed by atoms with E-state index in [1.165, 1.54) is 17.8 Å². The van der Waals surface area contributed by atoms with E-state index in [1.807, 2.05) is 18.4 Å². The Labute approximate surface area is 129 Å². The van der Waals surface area contributed by atoms with Crippen LogP contribution in [-0.4, -0.2) is 23.5 Å². The van der Waals surface area contributed by atoms with Crippen molar-refractivity contribution in [2.45, 2.75) is 51.9 Å². The van der Waals surface area contributed by atoms with Crippen molar-refractivity contribution in [2.75, 3.05) is 6.54 Å². The summed E-state index contributed by atoms with van der Waals surface area (Å²) >= 11 is 1.45. The molecule has 1 aromatic rings. The van der Waals surface area contributed by atoms with Crippen molar-refractivity contribution in [2.24, 2.45) is 5.41 Å². The number of hydrogen-bond donors (Lipinski definition) is 2. The van der Waals surface area contributed by atoms with Crippen molar-refractivity contribution >= 4 is 23.2 Å². The SMILES string of the molecule is CCc1ccsc1C(=O)NCC1(CC(=O)O)CCCCC1. The number of carbonyl (C=O) groups is 2. The van der Waals surface area contributed by atoms with Crippen LogP contribution in [0.4, 0.5) is 0 Å². The van der Waals surface area contributed by atoms with Gasteiger partial charge in [-0.2, -0.15) is 0 Å². The largest absolute Gasteiger partial charge is 0.481 e. The van der Waals surface area contributed by atoms with Crippen LogP contribution >= 0.6 is 11.3 Å². The Kier molecular flexibility index (Phi) is 5.39. The number of nitrogens with one attached hydrogen (secondary N) is 1. The lowest BCUT2D eigenvalue weighted by atomic mass is 9.71. The van der Waals surface area contributed by atoms with E-state index in [4.69, 9.17) is 5.11 Å². The molecular weight excluding hydrogens is 286 g/mol. The fraction of sp³-hybridized carbons (Fsp3) is 0.625. The van der Waals surface area contributed by atoms with Crippen molar-refractivity contribution < 1.29 is 14.7 Å². The molecule has 0 radical (unpaired) electrons. The lowest BCUT2D eigenvalue weighted by Gasteiger charge is -2.36. The molecule has 1 aliphatic rings. The smallest absolute Gasteiger partial charge is 0.303 e. The Morgan fingerprint density at radius 1 is 1.33 bits per heavy atom. The van der Waals surface area contributed by atoms with E-state index < -0.39 is 5.97 Å². The van der Waals surface area contributed by atoms with E-state index in [1.54, 1.807) is 0 Å². The fourth-order valence-corrected chi connectivity index (χ4v) is 4.11. The predicted octanol–water partition coefficient (Wildman–Crippen LogP) is 3.47. The maximum absolute atomic E-state index is 12.3. The summed E-state index contributed by atoms with van der Waals surface area (Å²) in [6, 6.07) is 1.98. The van der Waals surface area contributed by atoms with Gasteiger partial charge in [-0.25, -0.2) is 0 Å². The zero-order valence-corrected chi connectivity index (χ0v) is 13.3. The zero-order valence-electron chi connectivity index (χ0n) is 12.5. The first kappa shape index (κ1) is 16.0. The van der Waals surface area contributed by atoms with Gasteiger partial charge in [-0.3, -0.25) is 9.59 Å². The van der Waals surface area contributed by atoms with Crippen LogP contribution in [0.3, 0.4) is 0 Å². The first-order valence-corrected chi connectivity index (χ1v) is 8.51. The number of aryl methyl sites for hydroxylation is 1. The second kappa shape index (κ2) is 7.07. The zero-order chi connectivity index (χ0) is 15.3. The van der Waals surface area contributed by atoms with Crippen LogP contribution in [0.15, 0.2) is 11.4 Å². The standard InChI is InChI=1S/C16H23NO3S/c1-2-12-6-9-21-14(12)15(20)17-11-16(10-13(18)19)7-4-3-5-8-16/h6,9H,2-5,7-8,10-11H2,1H3,(H,17,20)(H,18,19). The third-order valence-electron chi connectivity index (χ3n) is 4.40. The van der Waals surface area contributed by atoms with Gasteiger partial charge in [-0.1, -0.05) is 26.2 Å². The quantitative estimate of drug-likeness (QED) is 0.845. The molecule has 1 heterocycles. The molecule has 1 aromatic heterocycles. The average Bonchev–Trinajstić information content (AvgIpc) is 2.93. The number of amides is 1. The van der Waals surface area contributed by atoms with E-state index >= 15 is 0 Å². The van der Waals surface area contributed by atoms with Crippen LogP contribution in [0.1, 0.15) is 60.7 Å². The number of rotatable bonds is 6. The topological polar surface area (TPSA) is 66.4 Å². The molecular formula is C16H23NO3S. The minimum Gasteiger partial charge on any atom is -0.481 e. The molecule has 0 atom stereocenters. The van der Waals surface area contributed by atoms with Crippen molar-refractivity contribution in [3.63, 3.8) is 0 Å². The van der Waals surface area contributed by atoms with Crippen molar-refractivity contribution in [3.8, 4) is 0 Å². The second-order valence-corrected chi connectivity index (χ2v) is 6.86. The second-order valence-electron chi connectivity index (χ2n) is 5.94. The van der Waals surface area contributed by atoms with Crippen molar-refractivity contribution in [3.05, 3.63) is 21.9 Å². The Bertz CT molecular complexity index is 503. The van der Waals surface area contributed by atoms with Gasteiger partial charge in [0.2, 0.25) is 0 Å². The molecule has 4 nitrogen and oxygen atoms in total. The molecule has 1 amide bonds. The normalized spacial score (nSPS) is 17.4. The number of thiophene rings is 1. The summed E-state index contributed by atoms with van der Waals surface area (Å²) in [5.74, 6) is -0.825. The van der Waals surface area contributed by atoms with Gasteiger partial charge in [0.1, 0.15) is 0 Å². The van der Waals surface area contributed by atoms with Gasteiger partial charge in [0, 0.05) is 6.54 Å². The molecule has 0 spiro atoms. The molecule has 0 bridgehead atoms. The van der Waals surface area contributed by atoms with E-state index in [2.05, 4.69) is 5.32 Å². The molecule has 0 unspecified atom stereocenters. The highest BCUT2D eigenvalue weighted by molar-refractivity contribution is 7.12. The Morgan fingerprint density at radius 3 is 2.67 bits per heavy atom. The van der Waals surface area contributed by atoms with E-state index in [-0.39, 0.29) is 17.7 Å².